The van der Waals surface area contributed by atoms with E-state index < -0.39 is 0 Å². The van der Waals surface area contributed by atoms with Gasteiger partial charge in [-0.2, -0.15) is 5.10 Å². The second-order valence-electron chi connectivity index (χ2n) is 5.45. The van der Waals surface area contributed by atoms with Crippen LogP contribution in [0.3, 0.4) is 0 Å². The van der Waals surface area contributed by atoms with Gasteiger partial charge in [-0.05, 0) is 38.3 Å². The molecule has 0 aliphatic heterocycles. The summed E-state index contributed by atoms with van der Waals surface area (Å²) in [7, 11) is 0. The number of nitrogens with zero attached hydrogens (tertiary/aromatic N) is 2. The van der Waals surface area contributed by atoms with Gasteiger partial charge in [0.05, 0.1) is 5.69 Å². The van der Waals surface area contributed by atoms with Crippen LogP contribution >= 0.6 is 11.6 Å². The first-order chi connectivity index (χ1) is 9.67. The highest BCUT2D eigenvalue weighted by atomic mass is 35.5. The molecule has 0 atom stereocenters. The molecule has 0 spiro atoms. The summed E-state index contributed by atoms with van der Waals surface area (Å²) in [5, 5.41) is 8.80. The molecule has 0 amide bonds. The molecule has 2 aromatic rings. The van der Waals surface area contributed by atoms with Crippen LogP contribution in [0.2, 0.25) is 5.02 Å². The van der Waals surface area contributed by atoms with Crippen LogP contribution in [0.15, 0.2) is 24.4 Å². The molecule has 0 bridgehead atoms. The molecule has 106 valence electrons. The van der Waals surface area contributed by atoms with Gasteiger partial charge < -0.3 is 5.32 Å². The maximum Gasteiger partial charge on any atom is 0.0672 e. The standard InChI is InChI=1S/C16H20ClN3/c1-3-20-10-15(11(2)19-20)14-7-4-12(8-16(14)17)9-18-13-5-6-13/h4,7-8,10,13,18H,3,5-6,9H2,1-2H3. The summed E-state index contributed by atoms with van der Waals surface area (Å²) in [6.45, 7) is 5.89. The van der Waals surface area contributed by atoms with Crippen LogP contribution in [0.1, 0.15) is 31.0 Å². The van der Waals surface area contributed by atoms with E-state index in [2.05, 4.69) is 41.7 Å². The summed E-state index contributed by atoms with van der Waals surface area (Å²) >= 11 is 6.45. The number of halogens is 1. The van der Waals surface area contributed by atoms with Crippen LogP contribution in [-0.2, 0) is 13.1 Å². The summed E-state index contributed by atoms with van der Waals surface area (Å²) in [6, 6.07) is 7.04. The zero-order valence-corrected chi connectivity index (χ0v) is 12.7. The second kappa shape index (κ2) is 5.58. The summed E-state index contributed by atoms with van der Waals surface area (Å²) in [4.78, 5) is 0. The highest BCUT2D eigenvalue weighted by molar-refractivity contribution is 6.33. The third-order valence-electron chi connectivity index (χ3n) is 3.77. The van der Waals surface area contributed by atoms with Crippen molar-refractivity contribution < 1.29 is 0 Å². The lowest BCUT2D eigenvalue weighted by atomic mass is 10.0. The number of rotatable bonds is 5. The lowest BCUT2D eigenvalue weighted by Crippen LogP contribution is -2.15. The van der Waals surface area contributed by atoms with Gasteiger partial charge in [-0.15, -0.1) is 0 Å². The van der Waals surface area contributed by atoms with Crippen molar-refractivity contribution in [3.05, 3.63) is 40.7 Å². The first kappa shape index (κ1) is 13.7. The zero-order chi connectivity index (χ0) is 14.1. The molecular weight excluding hydrogens is 270 g/mol. The predicted octanol–water partition coefficient (Wildman–Crippen LogP) is 3.78. The lowest BCUT2D eigenvalue weighted by molar-refractivity contribution is 0.653. The summed E-state index contributed by atoms with van der Waals surface area (Å²) in [5.74, 6) is 0. The van der Waals surface area contributed by atoms with Crippen molar-refractivity contribution in [2.45, 2.75) is 45.8 Å². The van der Waals surface area contributed by atoms with Gasteiger partial charge in [0.15, 0.2) is 0 Å². The first-order valence-electron chi connectivity index (χ1n) is 7.23. The summed E-state index contributed by atoms with van der Waals surface area (Å²) < 4.78 is 1.95. The molecule has 0 unspecified atom stereocenters. The zero-order valence-electron chi connectivity index (χ0n) is 12.0. The molecule has 0 radical (unpaired) electrons. The molecule has 1 saturated carbocycles. The van der Waals surface area contributed by atoms with Crippen molar-refractivity contribution in [2.75, 3.05) is 0 Å². The van der Waals surface area contributed by atoms with E-state index in [-0.39, 0.29) is 0 Å². The van der Waals surface area contributed by atoms with Crippen LogP contribution in [0.4, 0.5) is 0 Å². The molecule has 1 fully saturated rings. The Morgan fingerprint density at radius 1 is 1.35 bits per heavy atom. The highest BCUT2D eigenvalue weighted by Crippen LogP contribution is 2.31. The number of hydrogen-bond donors (Lipinski definition) is 1. The highest BCUT2D eigenvalue weighted by Gasteiger charge is 2.20. The largest absolute Gasteiger partial charge is 0.310 e. The van der Waals surface area contributed by atoms with Gasteiger partial charge in [-0.1, -0.05) is 23.7 Å². The predicted molar refractivity (Wildman–Crippen MR) is 82.9 cm³/mol. The number of hydrogen-bond acceptors (Lipinski definition) is 2. The van der Waals surface area contributed by atoms with Crippen LogP contribution in [0.25, 0.3) is 11.1 Å². The van der Waals surface area contributed by atoms with Crippen molar-refractivity contribution in [3.63, 3.8) is 0 Å². The average molecular weight is 290 g/mol. The molecule has 3 rings (SSSR count). The Kier molecular flexibility index (Phi) is 3.81. The first-order valence-corrected chi connectivity index (χ1v) is 7.61. The molecule has 1 aliphatic rings. The maximum absolute atomic E-state index is 6.45. The number of benzene rings is 1. The number of aromatic nitrogens is 2. The van der Waals surface area contributed by atoms with Crippen molar-refractivity contribution in [2.24, 2.45) is 0 Å². The third-order valence-corrected chi connectivity index (χ3v) is 4.08. The Hall–Kier alpha value is -1.32. The molecular formula is C16H20ClN3. The molecule has 20 heavy (non-hydrogen) atoms. The fraction of sp³-hybridized carbons (Fsp3) is 0.438. The Labute approximate surface area is 124 Å². The van der Waals surface area contributed by atoms with Crippen molar-refractivity contribution in [1.82, 2.24) is 15.1 Å². The minimum Gasteiger partial charge on any atom is -0.310 e. The minimum absolute atomic E-state index is 0.721. The van der Waals surface area contributed by atoms with E-state index in [1.165, 1.54) is 18.4 Å². The van der Waals surface area contributed by atoms with Crippen LogP contribution in [0, 0.1) is 6.92 Å². The molecule has 1 aromatic heterocycles. The van der Waals surface area contributed by atoms with E-state index in [4.69, 9.17) is 11.6 Å². The molecule has 4 heteroatoms. The fourth-order valence-electron chi connectivity index (χ4n) is 2.38. The maximum atomic E-state index is 6.45. The number of nitrogens with one attached hydrogen (secondary N) is 1. The molecule has 3 nitrogen and oxygen atoms in total. The molecule has 1 N–H and O–H groups in total. The van der Waals surface area contributed by atoms with Gasteiger partial charge in [-0.3, -0.25) is 4.68 Å². The van der Waals surface area contributed by atoms with E-state index in [1.54, 1.807) is 0 Å². The van der Waals surface area contributed by atoms with Gasteiger partial charge in [0.2, 0.25) is 0 Å². The van der Waals surface area contributed by atoms with Crippen molar-refractivity contribution in [3.8, 4) is 11.1 Å². The Morgan fingerprint density at radius 2 is 2.15 bits per heavy atom. The van der Waals surface area contributed by atoms with Gasteiger partial charge >= 0.3 is 0 Å². The van der Waals surface area contributed by atoms with Crippen LogP contribution in [-0.4, -0.2) is 15.8 Å². The SMILES string of the molecule is CCn1cc(-c2ccc(CNC3CC3)cc2Cl)c(C)n1. The van der Waals surface area contributed by atoms with E-state index in [0.29, 0.717) is 0 Å². The van der Waals surface area contributed by atoms with Crippen molar-refractivity contribution >= 4 is 11.6 Å². The molecule has 1 aromatic carbocycles. The number of aryl methyl sites for hydroxylation is 2. The van der Waals surface area contributed by atoms with Gasteiger partial charge in [-0.25, -0.2) is 0 Å². The molecule has 1 heterocycles. The quantitative estimate of drug-likeness (QED) is 0.908. The van der Waals surface area contributed by atoms with Crippen LogP contribution < -0.4 is 5.32 Å². The van der Waals surface area contributed by atoms with Crippen LogP contribution in [0.5, 0.6) is 0 Å². The Morgan fingerprint density at radius 3 is 2.75 bits per heavy atom. The average Bonchev–Trinajstić information content (AvgIpc) is 3.19. The second-order valence-corrected chi connectivity index (χ2v) is 5.86. The Bertz CT molecular complexity index is 614. The smallest absolute Gasteiger partial charge is 0.0672 e. The van der Waals surface area contributed by atoms with E-state index in [1.807, 2.05) is 11.6 Å². The Balaban J connectivity index is 1.83. The summed E-state index contributed by atoms with van der Waals surface area (Å²) in [6.07, 6.45) is 4.68. The fourth-order valence-corrected chi connectivity index (χ4v) is 2.69. The van der Waals surface area contributed by atoms with Gasteiger partial charge in [0.25, 0.3) is 0 Å². The van der Waals surface area contributed by atoms with Gasteiger partial charge in [0, 0.05) is 41.5 Å². The third kappa shape index (κ3) is 2.89. The van der Waals surface area contributed by atoms with E-state index in [0.717, 1.165) is 41.0 Å². The molecule has 1 aliphatic carbocycles. The lowest BCUT2D eigenvalue weighted by Gasteiger charge is -2.07. The normalized spacial score (nSPS) is 14.8. The minimum atomic E-state index is 0.721. The topological polar surface area (TPSA) is 29.9 Å². The van der Waals surface area contributed by atoms with E-state index >= 15 is 0 Å². The van der Waals surface area contributed by atoms with Crippen molar-refractivity contribution in [1.29, 1.82) is 0 Å². The van der Waals surface area contributed by atoms with Gasteiger partial charge in [0.1, 0.15) is 0 Å². The monoisotopic (exact) mass is 289 g/mol. The molecule has 0 saturated heterocycles. The van der Waals surface area contributed by atoms with E-state index in [9.17, 15) is 0 Å². The summed E-state index contributed by atoms with van der Waals surface area (Å²) in [5.41, 5.74) is 4.46.